The van der Waals surface area contributed by atoms with E-state index in [2.05, 4.69) is 20.9 Å². The molecule has 0 bridgehead atoms. The Morgan fingerprint density at radius 2 is 1.77 bits per heavy atom. The van der Waals surface area contributed by atoms with Crippen LogP contribution in [0.4, 0.5) is 0 Å². The molecule has 3 rings (SSSR count). The van der Waals surface area contributed by atoms with Gasteiger partial charge in [-0.3, -0.25) is 9.59 Å². The summed E-state index contributed by atoms with van der Waals surface area (Å²) in [5.41, 5.74) is 1.61. The van der Waals surface area contributed by atoms with Gasteiger partial charge < -0.3 is 4.98 Å². The highest BCUT2D eigenvalue weighted by atomic mass is 79.9. The Labute approximate surface area is 135 Å². The first-order valence-electron chi connectivity index (χ1n) is 6.73. The second kappa shape index (κ2) is 6.12. The molecule has 22 heavy (non-hydrogen) atoms. The minimum atomic E-state index is -0.210. The van der Waals surface area contributed by atoms with Gasteiger partial charge in [0.05, 0.1) is 0 Å². The standard InChI is InChI=1S/C18H12BrNO2/c19-15-8-5-12(6-9-15)17(21)10-7-14-11-13-3-1-2-4-16(13)20-18(14)22/h1-11H,(H,20,22)/b10-7+. The number of H-pyrrole nitrogens is 1. The quantitative estimate of drug-likeness (QED) is 0.567. The lowest BCUT2D eigenvalue weighted by atomic mass is 10.1. The number of aromatic nitrogens is 1. The van der Waals surface area contributed by atoms with Crippen molar-refractivity contribution in [3.63, 3.8) is 0 Å². The van der Waals surface area contributed by atoms with E-state index < -0.39 is 0 Å². The van der Waals surface area contributed by atoms with Crippen molar-refractivity contribution in [3.8, 4) is 0 Å². The number of nitrogens with one attached hydrogen (secondary N) is 1. The van der Waals surface area contributed by atoms with Crippen molar-refractivity contribution in [1.29, 1.82) is 0 Å². The van der Waals surface area contributed by atoms with Crippen LogP contribution in [0.5, 0.6) is 0 Å². The van der Waals surface area contributed by atoms with E-state index in [1.807, 2.05) is 36.4 Å². The molecule has 1 heterocycles. The number of allylic oxidation sites excluding steroid dienone is 1. The Bertz CT molecular complexity index is 924. The van der Waals surface area contributed by atoms with E-state index in [1.54, 1.807) is 24.3 Å². The second-order valence-corrected chi connectivity index (χ2v) is 5.76. The molecule has 0 unspecified atom stereocenters. The Balaban J connectivity index is 1.92. The fourth-order valence-corrected chi connectivity index (χ4v) is 2.43. The number of carbonyl (C=O) groups is 1. The third kappa shape index (κ3) is 3.07. The van der Waals surface area contributed by atoms with Crippen LogP contribution in [0.25, 0.3) is 17.0 Å². The summed E-state index contributed by atoms with van der Waals surface area (Å²) < 4.78 is 0.916. The number of aromatic amines is 1. The van der Waals surface area contributed by atoms with Gasteiger partial charge in [0.2, 0.25) is 0 Å². The van der Waals surface area contributed by atoms with Gasteiger partial charge in [0.25, 0.3) is 5.56 Å². The number of hydrogen-bond donors (Lipinski definition) is 1. The number of benzene rings is 2. The lowest BCUT2D eigenvalue weighted by Gasteiger charge is -1.99. The van der Waals surface area contributed by atoms with Crippen molar-refractivity contribution in [1.82, 2.24) is 4.98 Å². The number of fused-ring (bicyclic) bond motifs is 1. The Morgan fingerprint density at radius 1 is 1.05 bits per heavy atom. The summed E-state index contributed by atoms with van der Waals surface area (Å²) in [6.07, 6.45) is 2.97. The van der Waals surface area contributed by atoms with Crippen molar-refractivity contribution in [3.05, 3.63) is 86.6 Å². The SMILES string of the molecule is O=C(/C=C/c1cc2ccccc2[nH]c1=O)c1ccc(Br)cc1. The molecule has 3 nitrogen and oxygen atoms in total. The zero-order valence-electron chi connectivity index (χ0n) is 11.5. The van der Waals surface area contributed by atoms with E-state index in [0.29, 0.717) is 11.1 Å². The predicted octanol–water partition coefficient (Wildman–Crippen LogP) is 4.19. The van der Waals surface area contributed by atoms with Crippen molar-refractivity contribution < 1.29 is 4.79 Å². The van der Waals surface area contributed by atoms with Crippen LogP contribution in [0, 0.1) is 0 Å². The number of halogens is 1. The van der Waals surface area contributed by atoms with Gasteiger partial charge in [0.1, 0.15) is 0 Å². The van der Waals surface area contributed by atoms with Gasteiger partial charge in [-0.15, -0.1) is 0 Å². The molecule has 0 saturated carbocycles. The van der Waals surface area contributed by atoms with Crippen LogP contribution in [-0.4, -0.2) is 10.8 Å². The number of pyridine rings is 1. The van der Waals surface area contributed by atoms with Crippen LogP contribution in [0.2, 0.25) is 0 Å². The first kappa shape index (κ1) is 14.5. The monoisotopic (exact) mass is 353 g/mol. The minimum Gasteiger partial charge on any atom is -0.321 e. The van der Waals surface area contributed by atoms with E-state index in [9.17, 15) is 9.59 Å². The van der Waals surface area contributed by atoms with Crippen LogP contribution in [-0.2, 0) is 0 Å². The molecule has 0 aliphatic heterocycles. The number of ketones is 1. The Morgan fingerprint density at radius 3 is 2.55 bits per heavy atom. The normalized spacial score (nSPS) is 11.1. The predicted molar refractivity (Wildman–Crippen MR) is 92.1 cm³/mol. The average molecular weight is 354 g/mol. The zero-order chi connectivity index (χ0) is 15.5. The van der Waals surface area contributed by atoms with Gasteiger partial charge in [-0.05, 0) is 53.9 Å². The maximum Gasteiger partial charge on any atom is 0.255 e. The smallest absolute Gasteiger partial charge is 0.255 e. The molecule has 0 fully saturated rings. The molecule has 0 amide bonds. The summed E-state index contributed by atoms with van der Waals surface area (Å²) in [5.74, 6) is -0.139. The van der Waals surface area contributed by atoms with E-state index in [-0.39, 0.29) is 11.3 Å². The van der Waals surface area contributed by atoms with Crippen molar-refractivity contribution in [2.45, 2.75) is 0 Å². The zero-order valence-corrected chi connectivity index (χ0v) is 13.1. The minimum absolute atomic E-state index is 0.139. The van der Waals surface area contributed by atoms with Gasteiger partial charge in [0.15, 0.2) is 5.78 Å². The molecule has 1 aromatic heterocycles. The van der Waals surface area contributed by atoms with E-state index in [0.717, 1.165) is 15.4 Å². The highest BCUT2D eigenvalue weighted by Crippen LogP contribution is 2.13. The van der Waals surface area contributed by atoms with Crippen LogP contribution in [0.1, 0.15) is 15.9 Å². The summed E-state index contributed by atoms with van der Waals surface area (Å²) in [4.78, 5) is 26.9. The molecule has 0 atom stereocenters. The summed E-state index contributed by atoms with van der Waals surface area (Å²) in [5, 5.41) is 0.929. The maximum absolute atomic E-state index is 12.1. The summed E-state index contributed by atoms with van der Waals surface area (Å²) in [7, 11) is 0. The Kier molecular flexibility index (Phi) is 4.02. The summed E-state index contributed by atoms with van der Waals surface area (Å²) in [6, 6.07) is 16.4. The molecule has 108 valence electrons. The molecule has 0 spiro atoms. The van der Waals surface area contributed by atoms with Crippen LogP contribution in [0.3, 0.4) is 0 Å². The number of rotatable bonds is 3. The van der Waals surface area contributed by atoms with Crippen molar-refractivity contribution in [2.75, 3.05) is 0 Å². The lowest BCUT2D eigenvalue weighted by molar-refractivity contribution is 0.104. The first-order chi connectivity index (χ1) is 10.6. The van der Waals surface area contributed by atoms with Crippen LogP contribution >= 0.6 is 15.9 Å². The fraction of sp³-hybridized carbons (Fsp3) is 0. The molecule has 0 aliphatic rings. The van der Waals surface area contributed by atoms with Gasteiger partial charge in [0, 0.05) is 21.1 Å². The summed E-state index contributed by atoms with van der Waals surface area (Å²) >= 11 is 3.33. The summed E-state index contributed by atoms with van der Waals surface area (Å²) in [6.45, 7) is 0. The van der Waals surface area contributed by atoms with Crippen LogP contribution < -0.4 is 5.56 Å². The van der Waals surface area contributed by atoms with E-state index in [1.165, 1.54) is 6.08 Å². The second-order valence-electron chi connectivity index (χ2n) is 4.85. The van der Waals surface area contributed by atoms with Gasteiger partial charge in [-0.25, -0.2) is 0 Å². The average Bonchev–Trinajstić information content (AvgIpc) is 2.53. The topological polar surface area (TPSA) is 49.9 Å². The molecule has 0 aliphatic carbocycles. The third-order valence-electron chi connectivity index (χ3n) is 3.33. The lowest BCUT2D eigenvalue weighted by Crippen LogP contribution is -2.09. The largest absolute Gasteiger partial charge is 0.321 e. The molecular weight excluding hydrogens is 342 g/mol. The molecule has 3 aromatic rings. The number of carbonyl (C=O) groups excluding carboxylic acids is 1. The highest BCUT2D eigenvalue weighted by molar-refractivity contribution is 9.10. The third-order valence-corrected chi connectivity index (χ3v) is 3.85. The van der Waals surface area contributed by atoms with Crippen molar-refractivity contribution in [2.24, 2.45) is 0 Å². The molecule has 4 heteroatoms. The number of para-hydroxylation sites is 1. The molecule has 1 N–H and O–H groups in total. The Hall–Kier alpha value is -2.46. The van der Waals surface area contributed by atoms with E-state index >= 15 is 0 Å². The van der Waals surface area contributed by atoms with Gasteiger partial charge in [-0.2, -0.15) is 0 Å². The van der Waals surface area contributed by atoms with E-state index in [4.69, 9.17) is 0 Å². The molecule has 2 aromatic carbocycles. The van der Waals surface area contributed by atoms with Gasteiger partial charge >= 0.3 is 0 Å². The molecular formula is C18H12BrNO2. The molecule has 0 saturated heterocycles. The van der Waals surface area contributed by atoms with Crippen molar-refractivity contribution >= 4 is 38.7 Å². The molecule has 0 radical (unpaired) electrons. The number of hydrogen-bond acceptors (Lipinski definition) is 2. The van der Waals surface area contributed by atoms with Gasteiger partial charge in [-0.1, -0.05) is 34.1 Å². The fourth-order valence-electron chi connectivity index (χ4n) is 2.16. The first-order valence-corrected chi connectivity index (χ1v) is 7.53. The maximum atomic E-state index is 12.1. The highest BCUT2D eigenvalue weighted by Gasteiger charge is 2.03. The van der Waals surface area contributed by atoms with Crippen LogP contribution in [0.15, 0.2) is 69.9 Å².